The van der Waals surface area contributed by atoms with E-state index in [0.717, 1.165) is 56.7 Å². The van der Waals surface area contributed by atoms with Gasteiger partial charge in [-0.1, -0.05) is 182 Å². The monoisotopic (exact) mass is 875 g/mol. The maximum absolute atomic E-state index is 5.21. The fourth-order valence-electron chi connectivity index (χ4n) is 9.90. The number of fused-ring (bicyclic) bond motifs is 7. The summed E-state index contributed by atoms with van der Waals surface area (Å²) in [6.07, 6.45) is 7.59. The standard InChI is InChI=1S/C61H41N5S/c1-4-15-40(16-5-1)41-27-29-44(30-28-41)60-62-59(43-18-6-2-7-19-43)63-61(64-60)47-20-14-23-49(37-47)66-53-35-32-42-17-10-11-24-50(42)58(53)51-34-31-45(38-54(51)66)46-33-36-57-55(39-46)65(48-21-8-3-9-22-48)52-25-12-13-26-56(52)67-57/h1-27,29-39,41H,28H2. The largest absolute Gasteiger partial charge is 0.309 e. The first kappa shape index (κ1) is 39.1. The number of benzene rings is 9. The highest BCUT2D eigenvalue weighted by Crippen LogP contribution is 2.52. The molecule has 11 aromatic rings. The number of hydrogen-bond acceptors (Lipinski definition) is 5. The van der Waals surface area contributed by atoms with E-state index in [-0.39, 0.29) is 0 Å². The first-order chi connectivity index (χ1) is 33.2. The normalized spacial score (nSPS) is 14.3. The molecule has 67 heavy (non-hydrogen) atoms. The molecule has 5 nitrogen and oxygen atoms in total. The molecule has 1 unspecified atom stereocenters. The van der Waals surface area contributed by atoms with Gasteiger partial charge in [-0.3, -0.25) is 0 Å². The van der Waals surface area contributed by atoms with E-state index in [9.17, 15) is 0 Å². The van der Waals surface area contributed by atoms with Crippen LogP contribution in [0.15, 0.2) is 240 Å². The van der Waals surface area contributed by atoms with E-state index in [1.54, 1.807) is 0 Å². The molecule has 3 heterocycles. The van der Waals surface area contributed by atoms with Crippen LogP contribution in [0.1, 0.15) is 23.7 Å². The minimum atomic E-state index is 0.313. The van der Waals surface area contributed by atoms with Gasteiger partial charge in [-0.05, 0) is 94.5 Å². The molecule has 0 saturated heterocycles. The molecule has 6 heteroatoms. The SMILES string of the molecule is C1=CC(c2ccccc2)CC=C1c1nc(-c2ccccc2)nc(-c2cccc(-n3c4cc(-c5ccc6c(c5)N(c5ccccc5)c5ccccc5S6)ccc4c4c5ccccc5ccc43)c2)n1. The van der Waals surface area contributed by atoms with E-state index in [2.05, 4.69) is 222 Å². The summed E-state index contributed by atoms with van der Waals surface area (Å²) in [5, 5.41) is 4.88. The molecule has 1 aliphatic carbocycles. The van der Waals surface area contributed by atoms with Crippen molar-refractivity contribution < 1.29 is 0 Å². The van der Waals surface area contributed by atoms with Crippen molar-refractivity contribution in [2.75, 3.05) is 4.90 Å². The third-order valence-corrected chi connectivity index (χ3v) is 14.3. The Labute approximate surface area is 393 Å². The molecule has 0 bridgehead atoms. The second kappa shape index (κ2) is 16.3. The third-order valence-electron chi connectivity index (χ3n) is 13.1. The van der Waals surface area contributed by atoms with Crippen LogP contribution in [0.5, 0.6) is 0 Å². The Balaban J connectivity index is 0.957. The van der Waals surface area contributed by atoms with Crippen LogP contribution in [0.2, 0.25) is 0 Å². The lowest BCUT2D eigenvalue weighted by Crippen LogP contribution is -2.14. The highest BCUT2D eigenvalue weighted by molar-refractivity contribution is 7.99. The van der Waals surface area contributed by atoms with Crippen LogP contribution >= 0.6 is 11.8 Å². The first-order valence-corrected chi connectivity index (χ1v) is 23.6. The van der Waals surface area contributed by atoms with Crippen molar-refractivity contribution in [2.24, 2.45) is 0 Å². The number of para-hydroxylation sites is 2. The second-order valence-corrected chi connectivity index (χ2v) is 18.2. The highest BCUT2D eigenvalue weighted by Gasteiger charge is 2.26. The van der Waals surface area contributed by atoms with E-state index in [0.29, 0.717) is 23.4 Å². The van der Waals surface area contributed by atoms with Crippen LogP contribution in [-0.2, 0) is 0 Å². The fourth-order valence-corrected chi connectivity index (χ4v) is 10.9. The quantitative estimate of drug-likeness (QED) is 0.160. The van der Waals surface area contributed by atoms with Crippen molar-refractivity contribution in [3.05, 3.63) is 242 Å². The Morgan fingerprint density at radius 1 is 0.448 bits per heavy atom. The van der Waals surface area contributed by atoms with E-state index in [1.165, 1.54) is 48.3 Å². The molecule has 0 spiro atoms. The summed E-state index contributed by atoms with van der Waals surface area (Å²) >= 11 is 1.83. The fraction of sp³-hybridized carbons (Fsp3) is 0.0328. The molecule has 0 N–H and O–H groups in total. The van der Waals surface area contributed by atoms with Crippen LogP contribution < -0.4 is 4.90 Å². The number of anilines is 3. The zero-order chi connectivity index (χ0) is 44.3. The number of hydrogen-bond donors (Lipinski definition) is 0. The summed E-state index contributed by atoms with van der Waals surface area (Å²) in [5.74, 6) is 2.26. The van der Waals surface area contributed by atoms with Gasteiger partial charge in [0.25, 0.3) is 0 Å². The van der Waals surface area contributed by atoms with E-state index >= 15 is 0 Å². The zero-order valence-corrected chi connectivity index (χ0v) is 37.2. The van der Waals surface area contributed by atoms with E-state index < -0.39 is 0 Å². The summed E-state index contributed by atoms with van der Waals surface area (Å²) in [5.41, 5.74) is 13.3. The summed E-state index contributed by atoms with van der Waals surface area (Å²) in [4.78, 5) is 20.3. The van der Waals surface area contributed by atoms with Gasteiger partial charge >= 0.3 is 0 Å². The van der Waals surface area contributed by atoms with Crippen LogP contribution in [0.3, 0.4) is 0 Å². The Bertz CT molecular complexity index is 3760. The van der Waals surface area contributed by atoms with E-state index in [1.807, 2.05) is 30.0 Å². The Morgan fingerprint density at radius 3 is 1.96 bits per heavy atom. The molecule has 9 aromatic carbocycles. The van der Waals surface area contributed by atoms with Crippen LogP contribution in [0.25, 0.3) is 77.7 Å². The van der Waals surface area contributed by atoms with Crippen molar-refractivity contribution in [1.82, 2.24) is 19.5 Å². The van der Waals surface area contributed by atoms with Gasteiger partial charge < -0.3 is 9.47 Å². The van der Waals surface area contributed by atoms with Gasteiger partial charge in [0.2, 0.25) is 0 Å². The van der Waals surface area contributed by atoms with Gasteiger partial charge in [0.15, 0.2) is 17.5 Å². The molecular formula is C61H41N5S. The molecular weight excluding hydrogens is 835 g/mol. The molecule has 2 aliphatic rings. The molecule has 0 fully saturated rings. The Kier molecular flexibility index (Phi) is 9.50. The van der Waals surface area contributed by atoms with Crippen molar-refractivity contribution in [1.29, 1.82) is 0 Å². The molecule has 316 valence electrons. The zero-order valence-electron chi connectivity index (χ0n) is 36.4. The number of rotatable bonds is 7. The average Bonchev–Trinajstić information content (AvgIpc) is 3.75. The van der Waals surface area contributed by atoms with Gasteiger partial charge in [0.05, 0.1) is 22.4 Å². The topological polar surface area (TPSA) is 46.8 Å². The molecule has 2 aromatic heterocycles. The van der Waals surface area contributed by atoms with Crippen molar-refractivity contribution in [2.45, 2.75) is 22.1 Å². The Morgan fingerprint density at radius 2 is 1.12 bits per heavy atom. The Hall–Kier alpha value is -8.32. The van der Waals surface area contributed by atoms with Crippen LogP contribution in [0.4, 0.5) is 17.1 Å². The smallest absolute Gasteiger partial charge is 0.164 e. The van der Waals surface area contributed by atoms with Gasteiger partial charge in [-0.15, -0.1) is 0 Å². The van der Waals surface area contributed by atoms with Crippen molar-refractivity contribution in [3.8, 4) is 39.6 Å². The third kappa shape index (κ3) is 6.93. The minimum Gasteiger partial charge on any atom is -0.309 e. The van der Waals surface area contributed by atoms with Gasteiger partial charge in [0.1, 0.15) is 0 Å². The lowest BCUT2D eigenvalue weighted by atomic mass is 9.90. The van der Waals surface area contributed by atoms with E-state index in [4.69, 9.17) is 15.0 Å². The highest BCUT2D eigenvalue weighted by atomic mass is 32.2. The summed E-state index contributed by atoms with van der Waals surface area (Å²) in [6, 6.07) is 76.1. The molecule has 0 radical (unpaired) electrons. The molecule has 0 saturated carbocycles. The van der Waals surface area contributed by atoms with Gasteiger partial charge in [-0.25, -0.2) is 15.0 Å². The summed E-state index contributed by atoms with van der Waals surface area (Å²) < 4.78 is 2.42. The van der Waals surface area contributed by atoms with Crippen LogP contribution in [-0.4, -0.2) is 19.5 Å². The molecule has 13 rings (SSSR count). The number of aromatic nitrogens is 4. The molecule has 1 atom stereocenters. The van der Waals surface area contributed by atoms with Gasteiger partial charge in [-0.2, -0.15) is 0 Å². The maximum Gasteiger partial charge on any atom is 0.164 e. The lowest BCUT2D eigenvalue weighted by molar-refractivity contribution is 0.854. The predicted octanol–water partition coefficient (Wildman–Crippen LogP) is 16.2. The second-order valence-electron chi connectivity index (χ2n) is 17.2. The summed E-state index contributed by atoms with van der Waals surface area (Å²) in [7, 11) is 0. The minimum absolute atomic E-state index is 0.313. The molecule has 0 amide bonds. The predicted molar refractivity (Wildman–Crippen MR) is 278 cm³/mol. The summed E-state index contributed by atoms with van der Waals surface area (Å²) in [6.45, 7) is 0. The van der Waals surface area contributed by atoms with Crippen LogP contribution in [0, 0.1) is 0 Å². The van der Waals surface area contributed by atoms with Gasteiger partial charge in [0, 0.05) is 54.6 Å². The van der Waals surface area contributed by atoms with Crippen molar-refractivity contribution >= 4 is 67.0 Å². The number of nitrogens with zero attached hydrogens (tertiary/aromatic N) is 5. The lowest BCUT2D eigenvalue weighted by Gasteiger charge is -2.33. The number of allylic oxidation sites excluding steroid dienone is 4. The first-order valence-electron chi connectivity index (χ1n) is 22.8. The molecule has 1 aliphatic heterocycles. The van der Waals surface area contributed by atoms with Crippen molar-refractivity contribution in [3.63, 3.8) is 0 Å². The maximum atomic E-state index is 5.21. The average molecular weight is 876 g/mol.